The third kappa shape index (κ3) is 2.50. The molecule has 0 radical (unpaired) electrons. The molecule has 6 nitrogen and oxygen atoms in total. The lowest BCUT2D eigenvalue weighted by atomic mass is 10.4. The molecule has 1 N–H and O–H groups in total. The maximum absolute atomic E-state index is 12.5. The average molecular weight is 278 g/mol. The molecule has 2 heterocycles. The quantitative estimate of drug-likeness (QED) is 0.913. The topological polar surface area (TPSA) is 75.2 Å². The Labute approximate surface area is 112 Å². The summed E-state index contributed by atoms with van der Waals surface area (Å²) in [5.74, 6) is 0. The smallest absolute Gasteiger partial charge is 0.283 e. The van der Waals surface area contributed by atoms with Gasteiger partial charge in [-0.15, -0.1) is 0 Å². The van der Waals surface area contributed by atoms with Gasteiger partial charge >= 0.3 is 0 Å². The third-order valence-electron chi connectivity index (χ3n) is 2.67. The monoisotopic (exact) mass is 278 g/mol. The number of nitrogens with zero attached hydrogens (tertiary/aromatic N) is 3. The third-order valence-corrected chi connectivity index (χ3v) is 4.42. The first kappa shape index (κ1) is 13.3. The minimum absolute atomic E-state index is 0.00295. The van der Waals surface area contributed by atoms with Crippen molar-refractivity contribution in [2.24, 2.45) is 0 Å². The fraction of sp³-hybridized carbons (Fsp3) is 0.167. The van der Waals surface area contributed by atoms with Crippen LogP contribution in [0.5, 0.6) is 0 Å². The Hall–Kier alpha value is -2.15. The summed E-state index contributed by atoms with van der Waals surface area (Å²) in [6.07, 6.45) is 4.53. The van der Waals surface area contributed by atoms with Gasteiger partial charge in [-0.05, 0) is 24.3 Å². The molecule has 19 heavy (non-hydrogen) atoms. The highest BCUT2D eigenvalue weighted by molar-refractivity contribution is 7.92. The van der Waals surface area contributed by atoms with E-state index in [4.69, 9.17) is 0 Å². The fourth-order valence-electron chi connectivity index (χ4n) is 1.61. The molecule has 0 fully saturated rings. The molecule has 0 aliphatic rings. The van der Waals surface area contributed by atoms with Gasteiger partial charge in [0.05, 0.1) is 11.4 Å². The van der Waals surface area contributed by atoms with Crippen molar-refractivity contribution in [2.75, 3.05) is 23.7 Å². The van der Waals surface area contributed by atoms with Crippen LogP contribution >= 0.6 is 0 Å². The summed E-state index contributed by atoms with van der Waals surface area (Å²) in [5, 5.41) is 2.82. The standard InChI is InChI=1S/C12H14N4O2S/c1-13-11-4-3-7-15-12(11)19(17,18)16(2)10-5-8-14-9-6-10/h3-9,13H,1-2H3. The molecule has 0 aromatic carbocycles. The van der Waals surface area contributed by atoms with Crippen LogP contribution in [0.2, 0.25) is 0 Å². The van der Waals surface area contributed by atoms with Crippen LogP contribution in [0.3, 0.4) is 0 Å². The Morgan fingerprint density at radius 3 is 2.47 bits per heavy atom. The average Bonchev–Trinajstić information content (AvgIpc) is 2.47. The van der Waals surface area contributed by atoms with Crippen molar-refractivity contribution in [1.29, 1.82) is 0 Å². The Morgan fingerprint density at radius 2 is 1.84 bits per heavy atom. The SMILES string of the molecule is CNc1cccnc1S(=O)(=O)N(C)c1ccncc1. The summed E-state index contributed by atoms with van der Waals surface area (Å²) in [4.78, 5) is 7.83. The van der Waals surface area contributed by atoms with E-state index in [2.05, 4.69) is 15.3 Å². The summed E-state index contributed by atoms with van der Waals surface area (Å²) in [6, 6.07) is 6.59. The number of anilines is 2. The molecule has 0 spiro atoms. The van der Waals surface area contributed by atoms with E-state index in [0.29, 0.717) is 11.4 Å². The molecule has 2 rings (SSSR count). The van der Waals surface area contributed by atoms with E-state index in [1.54, 1.807) is 43.7 Å². The van der Waals surface area contributed by atoms with E-state index in [0.717, 1.165) is 0 Å². The maximum atomic E-state index is 12.5. The largest absolute Gasteiger partial charge is 0.386 e. The van der Waals surface area contributed by atoms with Crippen molar-refractivity contribution in [3.63, 3.8) is 0 Å². The predicted octanol–water partition coefficient (Wildman–Crippen LogP) is 1.34. The van der Waals surface area contributed by atoms with Gasteiger partial charge in [-0.3, -0.25) is 9.29 Å². The number of nitrogens with one attached hydrogen (secondary N) is 1. The van der Waals surface area contributed by atoms with Crippen LogP contribution in [0.1, 0.15) is 0 Å². The van der Waals surface area contributed by atoms with E-state index < -0.39 is 10.0 Å². The first-order valence-electron chi connectivity index (χ1n) is 5.59. The van der Waals surface area contributed by atoms with Gasteiger partial charge in [-0.2, -0.15) is 8.42 Å². The molecule has 0 bridgehead atoms. The number of pyridine rings is 2. The van der Waals surface area contributed by atoms with Gasteiger partial charge in [0.25, 0.3) is 10.0 Å². The highest BCUT2D eigenvalue weighted by Crippen LogP contribution is 2.24. The maximum Gasteiger partial charge on any atom is 0.283 e. The lowest BCUT2D eigenvalue weighted by Crippen LogP contribution is -2.28. The Bertz CT molecular complexity index is 658. The molecule has 0 saturated heterocycles. The number of rotatable bonds is 4. The molecular formula is C12H14N4O2S. The molecule has 0 unspecified atom stereocenters. The number of hydrogen-bond donors (Lipinski definition) is 1. The molecule has 0 aliphatic carbocycles. The summed E-state index contributed by atoms with van der Waals surface area (Å²) in [6.45, 7) is 0. The normalized spacial score (nSPS) is 11.1. The molecule has 2 aromatic heterocycles. The van der Waals surface area contributed by atoms with E-state index in [1.807, 2.05) is 0 Å². The number of sulfonamides is 1. The molecule has 2 aromatic rings. The lowest BCUT2D eigenvalue weighted by molar-refractivity contribution is 0.591. The van der Waals surface area contributed by atoms with Gasteiger partial charge in [-0.25, -0.2) is 4.98 Å². The van der Waals surface area contributed by atoms with Crippen LogP contribution in [-0.4, -0.2) is 32.5 Å². The molecular weight excluding hydrogens is 264 g/mol. The summed E-state index contributed by atoms with van der Waals surface area (Å²) >= 11 is 0. The molecule has 0 amide bonds. The van der Waals surface area contributed by atoms with Gasteiger partial charge in [0.2, 0.25) is 0 Å². The minimum atomic E-state index is -3.70. The van der Waals surface area contributed by atoms with E-state index in [1.165, 1.54) is 17.5 Å². The number of aromatic nitrogens is 2. The van der Waals surface area contributed by atoms with Gasteiger partial charge in [0.1, 0.15) is 0 Å². The van der Waals surface area contributed by atoms with Gasteiger partial charge in [-0.1, -0.05) is 0 Å². The van der Waals surface area contributed by atoms with E-state index in [-0.39, 0.29) is 5.03 Å². The molecule has 7 heteroatoms. The van der Waals surface area contributed by atoms with Crippen LogP contribution in [0.4, 0.5) is 11.4 Å². The Morgan fingerprint density at radius 1 is 1.16 bits per heavy atom. The predicted molar refractivity (Wildman–Crippen MR) is 73.6 cm³/mol. The number of hydrogen-bond acceptors (Lipinski definition) is 5. The Kier molecular flexibility index (Phi) is 3.66. The molecule has 0 aliphatic heterocycles. The zero-order valence-electron chi connectivity index (χ0n) is 10.6. The van der Waals surface area contributed by atoms with Crippen LogP contribution in [0.15, 0.2) is 47.9 Å². The first-order valence-corrected chi connectivity index (χ1v) is 7.03. The second-order valence-electron chi connectivity index (χ2n) is 3.78. The zero-order valence-corrected chi connectivity index (χ0v) is 11.4. The van der Waals surface area contributed by atoms with Crippen LogP contribution in [0.25, 0.3) is 0 Å². The van der Waals surface area contributed by atoms with Crippen molar-refractivity contribution in [3.8, 4) is 0 Å². The van der Waals surface area contributed by atoms with Crippen LogP contribution in [0, 0.1) is 0 Å². The van der Waals surface area contributed by atoms with Gasteiger partial charge < -0.3 is 5.32 Å². The van der Waals surface area contributed by atoms with E-state index in [9.17, 15) is 8.42 Å². The summed E-state index contributed by atoms with van der Waals surface area (Å²) in [5.41, 5.74) is 0.992. The van der Waals surface area contributed by atoms with Crippen molar-refractivity contribution in [2.45, 2.75) is 5.03 Å². The zero-order chi connectivity index (χ0) is 13.9. The lowest BCUT2D eigenvalue weighted by Gasteiger charge is -2.19. The minimum Gasteiger partial charge on any atom is -0.386 e. The molecule has 0 atom stereocenters. The van der Waals surface area contributed by atoms with Crippen molar-refractivity contribution in [1.82, 2.24) is 9.97 Å². The molecule has 0 saturated carbocycles. The van der Waals surface area contributed by atoms with Crippen LogP contribution in [-0.2, 0) is 10.0 Å². The first-order chi connectivity index (χ1) is 9.07. The van der Waals surface area contributed by atoms with Crippen molar-refractivity contribution >= 4 is 21.4 Å². The van der Waals surface area contributed by atoms with Gasteiger partial charge in [0.15, 0.2) is 5.03 Å². The van der Waals surface area contributed by atoms with Crippen LogP contribution < -0.4 is 9.62 Å². The van der Waals surface area contributed by atoms with E-state index >= 15 is 0 Å². The Balaban J connectivity index is 2.48. The highest BCUT2D eigenvalue weighted by atomic mass is 32.2. The second-order valence-corrected chi connectivity index (χ2v) is 5.67. The van der Waals surface area contributed by atoms with Crippen molar-refractivity contribution in [3.05, 3.63) is 42.9 Å². The highest BCUT2D eigenvalue weighted by Gasteiger charge is 2.25. The fourth-order valence-corrected chi connectivity index (χ4v) is 2.91. The van der Waals surface area contributed by atoms with Gasteiger partial charge in [0, 0.05) is 32.7 Å². The molecule has 100 valence electrons. The second kappa shape index (κ2) is 5.23. The summed E-state index contributed by atoms with van der Waals surface area (Å²) in [7, 11) is -0.563. The summed E-state index contributed by atoms with van der Waals surface area (Å²) < 4.78 is 26.2. The van der Waals surface area contributed by atoms with Crippen molar-refractivity contribution < 1.29 is 8.42 Å².